The Balaban J connectivity index is 1.43. The molecule has 2 amide bonds. The third-order valence-corrected chi connectivity index (χ3v) is 5.03. The molecule has 178 valence electrons. The molecule has 0 aromatic heterocycles. The van der Waals surface area contributed by atoms with Gasteiger partial charge in [0.1, 0.15) is 6.61 Å². The Bertz CT molecular complexity index is 1280. The second-order valence-electron chi connectivity index (χ2n) is 7.40. The lowest BCUT2D eigenvalue weighted by atomic mass is 10.1. The quantitative estimate of drug-likeness (QED) is 0.340. The SMILES string of the molecule is C=CCOc1ccc(/C=C/C(=O)Nc2ccccc2C(=O)Nc2ccc3c(c2)OCO3)cc1OC. The zero-order valence-corrected chi connectivity index (χ0v) is 19.1. The number of carbonyl (C=O) groups is 2. The first kappa shape index (κ1) is 23.4. The molecule has 3 aromatic rings. The molecule has 2 N–H and O–H groups in total. The highest BCUT2D eigenvalue weighted by atomic mass is 16.7. The van der Waals surface area contributed by atoms with Crippen molar-refractivity contribution in [2.24, 2.45) is 0 Å². The largest absolute Gasteiger partial charge is 0.493 e. The molecule has 0 fully saturated rings. The van der Waals surface area contributed by atoms with E-state index in [4.69, 9.17) is 18.9 Å². The van der Waals surface area contributed by atoms with Crippen LogP contribution in [0.25, 0.3) is 6.08 Å². The van der Waals surface area contributed by atoms with Crippen molar-refractivity contribution in [3.05, 3.63) is 90.5 Å². The molecule has 0 bridgehead atoms. The lowest BCUT2D eigenvalue weighted by Crippen LogP contribution is -2.17. The van der Waals surface area contributed by atoms with Crippen LogP contribution in [-0.2, 0) is 4.79 Å². The van der Waals surface area contributed by atoms with Crippen LogP contribution in [0.15, 0.2) is 79.4 Å². The summed E-state index contributed by atoms with van der Waals surface area (Å²) in [6.45, 7) is 4.13. The third-order valence-electron chi connectivity index (χ3n) is 5.03. The molecule has 0 spiro atoms. The Morgan fingerprint density at radius 1 is 1.00 bits per heavy atom. The molecular weight excluding hydrogens is 448 g/mol. The van der Waals surface area contributed by atoms with Crippen molar-refractivity contribution in [1.29, 1.82) is 0 Å². The van der Waals surface area contributed by atoms with Crippen LogP contribution >= 0.6 is 0 Å². The van der Waals surface area contributed by atoms with Gasteiger partial charge in [-0.25, -0.2) is 0 Å². The molecule has 8 nitrogen and oxygen atoms in total. The van der Waals surface area contributed by atoms with E-state index in [9.17, 15) is 9.59 Å². The smallest absolute Gasteiger partial charge is 0.257 e. The van der Waals surface area contributed by atoms with Gasteiger partial charge in [-0.2, -0.15) is 0 Å². The van der Waals surface area contributed by atoms with E-state index in [1.165, 1.54) is 6.08 Å². The summed E-state index contributed by atoms with van der Waals surface area (Å²) in [5.74, 6) is 1.55. The zero-order valence-electron chi connectivity index (χ0n) is 19.1. The minimum Gasteiger partial charge on any atom is -0.493 e. The second kappa shape index (κ2) is 10.9. The molecule has 1 heterocycles. The molecule has 35 heavy (non-hydrogen) atoms. The van der Waals surface area contributed by atoms with Crippen LogP contribution in [0.1, 0.15) is 15.9 Å². The molecule has 0 radical (unpaired) electrons. The monoisotopic (exact) mass is 472 g/mol. The highest BCUT2D eigenvalue weighted by Crippen LogP contribution is 2.34. The molecule has 0 saturated carbocycles. The van der Waals surface area contributed by atoms with Crippen molar-refractivity contribution < 1.29 is 28.5 Å². The summed E-state index contributed by atoms with van der Waals surface area (Å²) in [5, 5.41) is 5.57. The van der Waals surface area contributed by atoms with Crippen molar-refractivity contribution in [3.8, 4) is 23.0 Å². The standard InChI is InChI=1S/C27H24N2O6/c1-3-14-33-22-11-8-18(15-24(22)32-2)9-13-26(30)29-21-7-5-4-6-20(21)27(31)28-19-10-12-23-25(16-19)35-17-34-23/h3-13,15-16H,1,14,17H2,2H3,(H,28,31)(H,29,30)/b13-9+. The van der Waals surface area contributed by atoms with Gasteiger partial charge in [0, 0.05) is 17.8 Å². The number of anilines is 2. The number of hydrogen-bond donors (Lipinski definition) is 2. The van der Waals surface area contributed by atoms with Crippen LogP contribution in [0, 0.1) is 0 Å². The van der Waals surface area contributed by atoms with Crippen molar-refractivity contribution >= 4 is 29.3 Å². The summed E-state index contributed by atoms with van der Waals surface area (Å²) >= 11 is 0. The number of amides is 2. The molecule has 0 atom stereocenters. The predicted molar refractivity (Wildman–Crippen MR) is 133 cm³/mol. The normalized spacial score (nSPS) is 11.7. The summed E-state index contributed by atoms with van der Waals surface area (Å²) in [4.78, 5) is 25.5. The minimum absolute atomic E-state index is 0.148. The van der Waals surface area contributed by atoms with E-state index in [1.807, 2.05) is 0 Å². The molecule has 3 aromatic carbocycles. The third kappa shape index (κ3) is 5.80. The molecule has 0 unspecified atom stereocenters. The Labute approximate surface area is 202 Å². The average Bonchev–Trinajstić information content (AvgIpc) is 3.34. The molecule has 4 rings (SSSR count). The number of benzene rings is 3. The number of para-hydroxylation sites is 1. The minimum atomic E-state index is -0.390. The van der Waals surface area contributed by atoms with E-state index in [2.05, 4.69) is 17.2 Å². The van der Waals surface area contributed by atoms with Gasteiger partial charge in [-0.05, 0) is 48.0 Å². The maximum atomic E-state index is 12.9. The first-order valence-corrected chi connectivity index (χ1v) is 10.8. The van der Waals surface area contributed by atoms with Crippen LogP contribution in [0.3, 0.4) is 0 Å². The molecule has 1 aliphatic heterocycles. The highest BCUT2D eigenvalue weighted by Gasteiger charge is 2.16. The number of carbonyl (C=O) groups excluding carboxylic acids is 2. The van der Waals surface area contributed by atoms with Crippen LogP contribution in [0.4, 0.5) is 11.4 Å². The summed E-state index contributed by atoms with van der Waals surface area (Å²) in [6.07, 6.45) is 4.67. The van der Waals surface area contributed by atoms with E-state index in [1.54, 1.807) is 79.9 Å². The number of fused-ring (bicyclic) bond motifs is 1. The fourth-order valence-electron chi connectivity index (χ4n) is 3.36. The lowest BCUT2D eigenvalue weighted by molar-refractivity contribution is -0.111. The number of ether oxygens (including phenoxy) is 4. The van der Waals surface area contributed by atoms with Crippen LogP contribution < -0.4 is 29.6 Å². The van der Waals surface area contributed by atoms with Crippen molar-refractivity contribution in [1.82, 2.24) is 0 Å². The fourth-order valence-corrected chi connectivity index (χ4v) is 3.36. The van der Waals surface area contributed by atoms with Crippen molar-refractivity contribution in [2.45, 2.75) is 0 Å². The van der Waals surface area contributed by atoms with Gasteiger partial charge in [0.25, 0.3) is 5.91 Å². The van der Waals surface area contributed by atoms with Gasteiger partial charge in [-0.1, -0.05) is 30.9 Å². The van der Waals surface area contributed by atoms with E-state index in [0.29, 0.717) is 46.5 Å². The second-order valence-corrected chi connectivity index (χ2v) is 7.40. The maximum absolute atomic E-state index is 12.9. The van der Waals surface area contributed by atoms with E-state index >= 15 is 0 Å². The summed E-state index contributed by atoms with van der Waals surface area (Å²) in [6, 6.07) is 17.2. The van der Waals surface area contributed by atoms with Gasteiger partial charge in [0.2, 0.25) is 12.7 Å². The Kier molecular flexibility index (Phi) is 7.32. The van der Waals surface area contributed by atoms with Gasteiger partial charge < -0.3 is 29.6 Å². The molecular formula is C27H24N2O6. The maximum Gasteiger partial charge on any atom is 0.257 e. The number of methoxy groups -OCH3 is 1. The van der Waals surface area contributed by atoms with Crippen LogP contribution in [0.2, 0.25) is 0 Å². The summed E-state index contributed by atoms with van der Waals surface area (Å²) in [5.41, 5.74) is 2.00. The van der Waals surface area contributed by atoms with E-state index in [0.717, 1.165) is 5.56 Å². The van der Waals surface area contributed by atoms with Gasteiger partial charge in [-0.3, -0.25) is 9.59 Å². The average molecular weight is 472 g/mol. The molecule has 1 aliphatic rings. The molecule has 8 heteroatoms. The topological polar surface area (TPSA) is 95.1 Å². The molecule has 0 saturated heterocycles. The fraction of sp³-hybridized carbons (Fsp3) is 0.111. The number of rotatable bonds is 9. The van der Waals surface area contributed by atoms with E-state index < -0.39 is 0 Å². The molecule has 0 aliphatic carbocycles. The Hall–Kier alpha value is -4.72. The van der Waals surface area contributed by atoms with Crippen LogP contribution in [-0.4, -0.2) is 32.3 Å². The van der Waals surface area contributed by atoms with Gasteiger partial charge in [-0.15, -0.1) is 0 Å². The lowest BCUT2D eigenvalue weighted by Gasteiger charge is -2.11. The van der Waals surface area contributed by atoms with Crippen molar-refractivity contribution in [3.63, 3.8) is 0 Å². The van der Waals surface area contributed by atoms with Crippen molar-refractivity contribution in [2.75, 3.05) is 31.1 Å². The predicted octanol–water partition coefficient (Wildman–Crippen LogP) is 4.89. The summed E-state index contributed by atoms with van der Waals surface area (Å²) < 4.78 is 21.5. The van der Waals surface area contributed by atoms with Crippen LogP contribution in [0.5, 0.6) is 23.0 Å². The first-order valence-electron chi connectivity index (χ1n) is 10.8. The van der Waals surface area contributed by atoms with Gasteiger partial charge in [0.05, 0.1) is 18.4 Å². The Morgan fingerprint density at radius 2 is 1.83 bits per heavy atom. The van der Waals surface area contributed by atoms with Gasteiger partial charge >= 0.3 is 0 Å². The van der Waals surface area contributed by atoms with E-state index in [-0.39, 0.29) is 18.6 Å². The summed E-state index contributed by atoms with van der Waals surface area (Å²) in [7, 11) is 1.54. The van der Waals surface area contributed by atoms with Gasteiger partial charge in [0.15, 0.2) is 23.0 Å². The zero-order chi connectivity index (χ0) is 24.6. The number of nitrogens with one attached hydrogen (secondary N) is 2. The Morgan fingerprint density at radius 3 is 2.66 bits per heavy atom. The number of hydrogen-bond acceptors (Lipinski definition) is 6. The highest BCUT2D eigenvalue weighted by molar-refractivity contribution is 6.11. The first-order chi connectivity index (χ1) is 17.1.